The molecule has 0 aliphatic carbocycles. The van der Waals surface area contributed by atoms with Gasteiger partial charge in [-0.2, -0.15) is 0 Å². The van der Waals surface area contributed by atoms with Crippen molar-refractivity contribution in [1.29, 1.82) is 0 Å². The number of alkyl halides is 3. The van der Waals surface area contributed by atoms with E-state index >= 15 is 0 Å². The highest BCUT2D eigenvalue weighted by molar-refractivity contribution is 5.94. The van der Waals surface area contributed by atoms with Gasteiger partial charge in [0.2, 0.25) is 0 Å². The minimum absolute atomic E-state index is 0.0422. The number of fused-ring (bicyclic) bond motifs is 1. The van der Waals surface area contributed by atoms with Crippen molar-refractivity contribution >= 4 is 22.6 Å². The molecule has 37 heavy (non-hydrogen) atoms. The number of carboxylic acids is 1. The van der Waals surface area contributed by atoms with Crippen molar-refractivity contribution in [2.75, 3.05) is 6.54 Å². The molecule has 0 bridgehead atoms. The number of aliphatic carboxylic acids is 1. The predicted molar refractivity (Wildman–Crippen MR) is 131 cm³/mol. The van der Waals surface area contributed by atoms with Crippen LogP contribution in [0.25, 0.3) is 21.9 Å². The van der Waals surface area contributed by atoms with E-state index < -0.39 is 12.3 Å². The molecule has 0 aromatic heterocycles. The summed E-state index contributed by atoms with van der Waals surface area (Å²) in [7, 11) is 0. The van der Waals surface area contributed by atoms with Gasteiger partial charge in [-0.15, -0.1) is 13.2 Å². The minimum Gasteiger partial charge on any atom is -0.488 e. The Hall–Kier alpha value is -4.53. The van der Waals surface area contributed by atoms with Gasteiger partial charge in [-0.25, -0.2) is 0 Å². The molecule has 0 saturated heterocycles. The fourth-order valence-corrected chi connectivity index (χ4v) is 3.71. The van der Waals surface area contributed by atoms with Crippen LogP contribution in [-0.2, 0) is 11.4 Å². The zero-order chi connectivity index (χ0) is 26.4. The molecule has 0 aliphatic heterocycles. The highest BCUT2D eigenvalue weighted by Gasteiger charge is 2.31. The van der Waals surface area contributed by atoms with Crippen LogP contribution in [0.3, 0.4) is 0 Å². The molecule has 1 amide bonds. The lowest BCUT2D eigenvalue weighted by Crippen LogP contribution is -2.25. The highest BCUT2D eigenvalue weighted by atomic mass is 19.4. The van der Waals surface area contributed by atoms with Crippen LogP contribution in [0, 0.1) is 0 Å². The summed E-state index contributed by atoms with van der Waals surface area (Å²) in [5.74, 6) is -1.05. The third-order valence-electron chi connectivity index (χ3n) is 5.48. The van der Waals surface area contributed by atoms with Gasteiger partial charge in [-0.1, -0.05) is 48.5 Å². The number of hydrogen-bond acceptors (Lipinski definition) is 4. The molecule has 0 radical (unpaired) electrons. The molecule has 190 valence electrons. The summed E-state index contributed by atoms with van der Waals surface area (Å²) in [6.45, 7) is 0.257. The van der Waals surface area contributed by atoms with Gasteiger partial charge < -0.3 is 19.9 Å². The summed E-state index contributed by atoms with van der Waals surface area (Å²) in [5, 5.41) is 13.0. The average molecular weight is 509 g/mol. The fourth-order valence-electron chi connectivity index (χ4n) is 3.71. The number of ether oxygens (including phenoxy) is 2. The maximum Gasteiger partial charge on any atom is 0.573 e. The number of halogens is 3. The number of nitrogens with one attached hydrogen (secondary N) is 1. The first-order valence-electron chi connectivity index (χ1n) is 11.3. The van der Waals surface area contributed by atoms with Gasteiger partial charge in [0.1, 0.15) is 18.1 Å². The lowest BCUT2D eigenvalue weighted by molar-refractivity contribution is -0.274. The molecule has 4 aromatic rings. The Morgan fingerprint density at radius 3 is 2.24 bits per heavy atom. The van der Waals surface area contributed by atoms with Crippen LogP contribution >= 0.6 is 0 Å². The van der Waals surface area contributed by atoms with E-state index in [4.69, 9.17) is 9.84 Å². The summed E-state index contributed by atoms with van der Waals surface area (Å²) < 4.78 is 47.5. The Balaban J connectivity index is 1.50. The Labute approximate surface area is 210 Å². The van der Waals surface area contributed by atoms with Gasteiger partial charge in [0.05, 0.1) is 6.42 Å². The first-order valence-corrected chi connectivity index (χ1v) is 11.3. The largest absolute Gasteiger partial charge is 0.573 e. The van der Waals surface area contributed by atoms with Crippen LogP contribution in [0.4, 0.5) is 13.2 Å². The molecule has 9 heteroatoms. The number of hydrogen-bond donors (Lipinski definition) is 2. The van der Waals surface area contributed by atoms with E-state index in [1.54, 1.807) is 36.4 Å². The van der Waals surface area contributed by atoms with Crippen molar-refractivity contribution in [3.63, 3.8) is 0 Å². The molecule has 4 aromatic carbocycles. The number of carbonyl (C=O) groups excluding carboxylic acids is 1. The molecule has 4 rings (SSSR count). The summed E-state index contributed by atoms with van der Waals surface area (Å²) in [6, 6.07) is 23.7. The zero-order valence-corrected chi connectivity index (χ0v) is 19.4. The van der Waals surface area contributed by atoms with E-state index in [0.717, 1.165) is 21.9 Å². The van der Waals surface area contributed by atoms with E-state index in [9.17, 15) is 22.8 Å². The van der Waals surface area contributed by atoms with Crippen LogP contribution in [0.1, 0.15) is 22.3 Å². The Morgan fingerprint density at radius 1 is 0.865 bits per heavy atom. The number of amides is 1. The van der Waals surface area contributed by atoms with Crippen molar-refractivity contribution in [2.45, 2.75) is 19.4 Å². The molecular weight excluding hydrogens is 487 g/mol. The van der Waals surface area contributed by atoms with Crippen molar-refractivity contribution in [2.24, 2.45) is 0 Å². The summed E-state index contributed by atoms with van der Waals surface area (Å²) in [5.41, 5.74) is 2.67. The van der Waals surface area contributed by atoms with Crippen molar-refractivity contribution < 1.29 is 37.3 Å². The third kappa shape index (κ3) is 7.00. The second-order valence-electron chi connectivity index (χ2n) is 8.15. The molecule has 0 saturated carbocycles. The van der Waals surface area contributed by atoms with Crippen molar-refractivity contribution in [3.8, 4) is 22.6 Å². The molecular formula is C28H22F3NO5. The Morgan fingerprint density at radius 2 is 1.57 bits per heavy atom. The zero-order valence-electron chi connectivity index (χ0n) is 19.4. The Kier molecular flexibility index (Phi) is 7.62. The van der Waals surface area contributed by atoms with Crippen molar-refractivity contribution in [3.05, 3.63) is 96.1 Å². The molecule has 0 heterocycles. The summed E-state index contributed by atoms with van der Waals surface area (Å²) in [6.07, 6.45) is -4.91. The van der Waals surface area contributed by atoms with Crippen LogP contribution in [0.5, 0.6) is 11.5 Å². The average Bonchev–Trinajstić information content (AvgIpc) is 2.86. The number of benzene rings is 4. The predicted octanol–water partition coefficient (Wildman–Crippen LogP) is 6.19. The SMILES string of the molecule is O=C(O)CCNC(=O)c1ccc(COc2cc(-c3ccc(OC(F)(F)F)cc3)cc3ccccc23)cc1. The first-order chi connectivity index (χ1) is 17.7. The molecule has 0 spiro atoms. The normalized spacial score (nSPS) is 11.2. The number of rotatable bonds is 9. The van der Waals surface area contributed by atoms with Crippen LogP contribution in [-0.4, -0.2) is 29.9 Å². The minimum atomic E-state index is -4.76. The van der Waals surface area contributed by atoms with Gasteiger partial charge in [-0.3, -0.25) is 9.59 Å². The summed E-state index contributed by atoms with van der Waals surface area (Å²) in [4.78, 5) is 22.7. The standard InChI is InChI=1S/C28H22F3NO5/c29-28(30,31)37-23-11-9-19(10-12-23)22-15-21-3-1-2-4-24(21)25(16-22)36-17-18-5-7-20(8-6-18)27(35)32-14-13-26(33)34/h1-12,15-16H,13-14,17H2,(H,32,35)(H,33,34). The molecule has 0 fully saturated rings. The summed E-state index contributed by atoms with van der Waals surface area (Å²) >= 11 is 0. The number of carboxylic acid groups (broad SMARTS) is 1. The Bertz CT molecular complexity index is 1400. The molecule has 2 N–H and O–H groups in total. The lowest BCUT2D eigenvalue weighted by atomic mass is 10.0. The van der Waals surface area contributed by atoms with Gasteiger partial charge in [-0.05, 0) is 58.5 Å². The monoisotopic (exact) mass is 509 g/mol. The van der Waals surface area contributed by atoms with Crippen LogP contribution in [0.15, 0.2) is 84.9 Å². The van der Waals surface area contributed by atoms with Gasteiger partial charge in [0.25, 0.3) is 5.91 Å². The van der Waals surface area contributed by atoms with Crippen molar-refractivity contribution in [1.82, 2.24) is 5.32 Å². The van der Waals surface area contributed by atoms with Gasteiger partial charge in [0, 0.05) is 17.5 Å². The molecule has 0 atom stereocenters. The molecule has 0 aliphatic rings. The maximum absolute atomic E-state index is 12.5. The second-order valence-corrected chi connectivity index (χ2v) is 8.15. The lowest BCUT2D eigenvalue weighted by Gasteiger charge is -2.13. The number of carbonyl (C=O) groups is 2. The van der Waals surface area contributed by atoms with E-state index in [-0.39, 0.29) is 31.2 Å². The van der Waals surface area contributed by atoms with E-state index in [2.05, 4.69) is 10.1 Å². The van der Waals surface area contributed by atoms with Crippen LogP contribution < -0.4 is 14.8 Å². The van der Waals surface area contributed by atoms with E-state index in [1.807, 2.05) is 36.4 Å². The molecule has 0 unspecified atom stereocenters. The van der Waals surface area contributed by atoms with Crippen LogP contribution in [0.2, 0.25) is 0 Å². The second kappa shape index (κ2) is 11.0. The van der Waals surface area contributed by atoms with Gasteiger partial charge >= 0.3 is 12.3 Å². The quantitative estimate of drug-likeness (QED) is 0.281. The van der Waals surface area contributed by atoms with E-state index in [0.29, 0.717) is 16.9 Å². The molecule has 6 nitrogen and oxygen atoms in total. The first kappa shape index (κ1) is 25.6. The third-order valence-corrected chi connectivity index (χ3v) is 5.48. The topological polar surface area (TPSA) is 84.9 Å². The smallest absolute Gasteiger partial charge is 0.488 e. The highest BCUT2D eigenvalue weighted by Crippen LogP contribution is 2.34. The fraction of sp³-hybridized carbons (Fsp3) is 0.143. The van der Waals surface area contributed by atoms with E-state index in [1.165, 1.54) is 12.1 Å². The van der Waals surface area contributed by atoms with Gasteiger partial charge in [0.15, 0.2) is 0 Å². The maximum atomic E-state index is 12.5.